The number of nitrogens with one attached hydrogen (secondary N) is 2. The molecule has 5 heteroatoms. The van der Waals surface area contributed by atoms with E-state index in [9.17, 15) is 4.79 Å². The fourth-order valence-electron chi connectivity index (χ4n) is 3.08. The number of aromatic nitrogens is 1. The Balaban J connectivity index is 1.49. The van der Waals surface area contributed by atoms with Crippen LogP contribution in [-0.2, 0) is 0 Å². The lowest BCUT2D eigenvalue weighted by atomic mass is 10.0. The summed E-state index contributed by atoms with van der Waals surface area (Å²) in [5, 5.41) is 6.56. The zero-order chi connectivity index (χ0) is 16.4. The summed E-state index contributed by atoms with van der Waals surface area (Å²) in [6.07, 6.45) is 2.17. The Morgan fingerprint density at radius 1 is 1.12 bits per heavy atom. The molecule has 1 saturated heterocycles. The molecule has 1 aliphatic heterocycles. The Morgan fingerprint density at radius 3 is 2.75 bits per heavy atom. The zero-order valence-corrected chi connectivity index (χ0v) is 13.6. The molecule has 24 heavy (non-hydrogen) atoms. The molecule has 1 atom stereocenters. The molecule has 124 valence electrons. The number of anilines is 1. The standard InChI is InChI=1S/C19H22N4O/c24-19(21-15-9-10-15)16-7-4-8-18(22-16)23-12-11-20-17(13-23)14-5-2-1-3-6-14/h1-8,15,17,20H,9-13H2,(H,21,24). The van der Waals surface area contributed by atoms with E-state index in [0.29, 0.717) is 11.7 Å². The smallest absolute Gasteiger partial charge is 0.270 e. The molecule has 0 radical (unpaired) electrons. The summed E-state index contributed by atoms with van der Waals surface area (Å²) in [4.78, 5) is 19.1. The Labute approximate surface area is 142 Å². The van der Waals surface area contributed by atoms with Crippen molar-refractivity contribution >= 4 is 11.7 Å². The molecular weight excluding hydrogens is 300 g/mol. The van der Waals surface area contributed by atoms with Crippen LogP contribution in [0.15, 0.2) is 48.5 Å². The molecule has 1 aliphatic carbocycles. The number of pyridine rings is 1. The van der Waals surface area contributed by atoms with Gasteiger partial charge in [-0.1, -0.05) is 36.4 Å². The molecule has 1 aromatic heterocycles. The molecule has 2 aliphatic rings. The number of nitrogens with zero attached hydrogens (tertiary/aromatic N) is 2. The van der Waals surface area contributed by atoms with Crippen molar-refractivity contribution in [2.45, 2.75) is 24.9 Å². The van der Waals surface area contributed by atoms with E-state index in [1.54, 1.807) is 6.07 Å². The number of benzene rings is 1. The van der Waals surface area contributed by atoms with Crippen LogP contribution in [0.1, 0.15) is 34.9 Å². The van der Waals surface area contributed by atoms with Crippen LogP contribution in [0.25, 0.3) is 0 Å². The van der Waals surface area contributed by atoms with Crippen LogP contribution in [0, 0.1) is 0 Å². The highest BCUT2D eigenvalue weighted by atomic mass is 16.2. The van der Waals surface area contributed by atoms with Gasteiger partial charge < -0.3 is 15.5 Å². The second kappa shape index (κ2) is 6.61. The second-order valence-electron chi connectivity index (χ2n) is 6.49. The van der Waals surface area contributed by atoms with Crippen LogP contribution in [0.5, 0.6) is 0 Å². The third kappa shape index (κ3) is 3.41. The van der Waals surface area contributed by atoms with Crippen LogP contribution in [0.2, 0.25) is 0 Å². The molecule has 0 spiro atoms. The van der Waals surface area contributed by atoms with Crippen molar-refractivity contribution in [3.05, 3.63) is 59.8 Å². The minimum Gasteiger partial charge on any atom is -0.353 e. The van der Waals surface area contributed by atoms with Gasteiger partial charge in [-0.15, -0.1) is 0 Å². The summed E-state index contributed by atoms with van der Waals surface area (Å²) < 4.78 is 0. The topological polar surface area (TPSA) is 57.3 Å². The minimum absolute atomic E-state index is 0.0610. The lowest BCUT2D eigenvalue weighted by molar-refractivity contribution is 0.0946. The largest absolute Gasteiger partial charge is 0.353 e. The molecule has 1 aromatic carbocycles. The van der Waals surface area contributed by atoms with Gasteiger partial charge >= 0.3 is 0 Å². The van der Waals surface area contributed by atoms with Crippen LogP contribution in [0.3, 0.4) is 0 Å². The van der Waals surface area contributed by atoms with Crippen molar-refractivity contribution < 1.29 is 4.79 Å². The Hall–Kier alpha value is -2.40. The van der Waals surface area contributed by atoms with E-state index in [-0.39, 0.29) is 11.9 Å². The number of hydrogen-bond donors (Lipinski definition) is 2. The van der Waals surface area contributed by atoms with Gasteiger partial charge in [-0.25, -0.2) is 4.98 Å². The van der Waals surface area contributed by atoms with Gasteiger partial charge in [0, 0.05) is 31.7 Å². The van der Waals surface area contributed by atoms with Crippen molar-refractivity contribution in [1.29, 1.82) is 0 Å². The normalized spacial score (nSPS) is 20.7. The summed E-state index contributed by atoms with van der Waals surface area (Å²) >= 11 is 0. The maximum atomic E-state index is 12.2. The first-order valence-corrected chi connectivity index (χ1v) is 8.61. The molecule has 2 aromatic rings. The van der Waals surface area contributed by atoms with E-state index in [2.05, 4.69) is 44.8 Å². The summed E-state index contributed by atoms with van der Waals surface area (Å²) in [7, 11) is 0. The maximum Gasteiger partial charge on any atom is 0.270 e. The van der Waals surface area contributed by atoms with Gasteiger partial charge in [-0.3, -0.25) is 4.79 Å². The molecule has 2 heterocycles. The number of hydrogen-bond acceptors (Lipinski definition) is 4. The first-order chi connectivity index (χ1) is 11.8. The van der Waals surface area contributed by atoms with Gasteiger partial charge in [0.15, 0.2) is 0 Å². The molecule has 2 fully saturated rings. The van der Waals surface area contributed by atoms with Crippen molar-refractivity contribution in [3.63, 3.8) is 0 Å². The quantitative estimate of drug-likeness (QED) is 0.905. The van der Waals surface area contributed by atoms with Gasteiger partial charge in [-0.2, -0.15) is 0 Å². The zero-order valence-electron chi connectivity index (χ0n) is 13.6. The molecule has 1 amide bonds. The van der Waals surface area contributed by atoms with E-state index in [1.807, 2.05) is 18.2 Å². The molecular formula is C19H22N4O. The van der Waals surface area contributed by atoms with Crippen LogP contribution in [-0.4, -0.2) is 36.6 Å². The number of rotatable bonds is 4. The highest BCUT2D eigenvalue weighted by Crippen LogP contribution is 2.22. The lowest BCUT2D eigenvalue weighted by Crippen LogP contribution is -2.46. The van der Waals surface area contributed by atoms with Crippen LogP contribution in [0.4, 0.5) is 5.82 Å². The summed E-state index contributed by atoms with van der Waals surface area (Å²) in [5.41, 5.74) is 1.79. The Morgan fingerprint density at radius 2 is 1.96 bits per heavy atom. The lowest BCUT2D eigenvalue weighted by Gasteiger charge is -2.34. The maximum absolute atomic E-state index is 12.2. The fraction of sp³-hybridized carbons (Fsp3) is 0.368. The third-order valence-corrected chi connectivity index (χ3v) is 4.58. The number of amides is 1. The van der Waals surface area contributed by atoms with Gasteiger partial charge in [0.25, 0.3) is 5.91 Å². The van der Waals surface area contributed by atoms with Crippen molar-refractivity contribution in [1.82, 2.24) is 15.6 Å². The highest BCUT2D eigenvalue weighted by molar-refractivity contribution is 5.93. The van der Waals surface area contributed by atoms with E-state index in [1.165, 1.54) is 5.56 Å². The molecule has 1 unspecified atom stereocenters. The summed E-state index contributed by atoms with van der Waals surface area (Å²) in [6.45, 7) is 2.65. The fourth-order valence-corrected chi connectivity index (χ4v) is 3.08. The Kier molecular flexibility index (Phi) is 4.17. The van der Waals surface area contributed by atoms with Crippen molar-refractivity contribution in [2.75, 3.05) is 24.5 Å². The first-order valence-electron chi connectivity index (χ1n) is 8.61. The van der Waals surface area contributed by atoms with Crippen molar-refractivity contribution in [2.24, 2.45) is 0 Å². The molecule has 1 saturated carbocycles. The second-order valence-corrected chi connectivity index (χ2v) is 6.49. The van der Waals surface area contributed by atoms with Gasteiger partial charge in [0.2, 0.25) is 0 Å². The van der Waals surface area contributed by atoms with E-state index in [4.69, 9.17) is 0 Å². The summed E-state index contributed by atoms with van der Waals surface area (Å²) in [6, 6.07) is 16.8. The minimum atomic E-state index is -0.0610. The van der Waals surface area contributed by atoms with Gasteiger partial charge in [0.05, 0.1) is 0 Å². The highest BCUT2D eigenvalue weighted by Gasteiger charge is 2.25. The number of carbonyl (C=O) groups excluding carboxylic acids is 1. The van der Waals surface area contributed by atoms with Gasteiger partial charge in [-0.05, 0) is 30.5 Å². The van der Waals surface area contributed by atoms with Gasteiger partial charge in [0.1, 0.15) is 11.5 Å². The van der Waals surface area contributed by atoms with Crippen LogP contribution < -0.4 is 15.5 Å². The predicted molar refractivity (Wildman–Crippen MR) is 94.1 cm³/mol. The average Bonchev–Trinajstić information content (AvgIpc) is 3.47. The average molecular weight is 322 g/mol. The van der Waals surface area contributed by atoms with E-state index < -0.39 is 0 Å². The molecule has 2 N–H and O–H groups in total. The molecule has 5 nitrogen and oxygen atoms in total. The predicted octanol–water partition coefficient (Wildman–Crippen LogP) is 2.12. The SMILES string of the molecule is O=C(NC1CC1)c1cccc(N2CCNC(c3ccccc3)C2)n1. The first kappa shape index (κ1) is 15.1. The third-order valence-electron chi connectivity index (χ3n) is 4.58. The monoisotopic (exact) mass is 322 g/mol. The number of carbonyl (C=O) groups is 1. The summed E-state index contributed by atoms with van der Waals surface area (Å²) in [5.74, 6) is 0.815. The Bertz CT molecular complexity index is 714. The van der Waals surface area contributed by atoms with E-state index in [0.717, 1.165) is 38.3 Å². The van der Waals surface area contributed by atoms with Crippen molar-refractivity contribution in [3.8, 4) is 0 Å². The molecule has 0 bridgehead atoms. The van der Waals surface area contributed by atoms with Crippen LogP contribution >= 0.6 is 0 Å². The van der Waals surface area contributed by atoms with E-state index >= 15 is 0 Å². The molecule has 4 rings (SSSR count). The number of piperazine rings is 1.